The number of anilines is 5. The van der Waals surface area contributed by atoms with E-state index in [-0.39, 0.29) is 0 Å². The second-order valence-corrected chi connectivity index (χ2v) is 9.81. The molecule has 3 aromatic rings. The molecule has 2 aliphatic rings. The smallest absolute Gasteiger partial charge is 0.232 e. The third kappa shape index (κ3) is 6.62. The van der Waals surface area contributed by atoms with Gasteiger partial charge < -0.3 is 35.0 Å². The van der Waals surface area contributed by atoms with Crippen LogP contribution in [0.15, 0.2) is 66.7 Å². The van der Waals surface area contributed by atoms with Crippen LogP contribution >= 0.6 is 12.2 Å². The highest BCUT2D eigenvalue weighted by atomic mass is 32.1. The molecule has 5 rings (SSSR count). The highest BCUT2D eigenvalue weighted by Gasteiger charge is 2.23. The van der Waals surface area contributed by atoms with Crippen LogP contribution < -0.4 is 30.2 Å². The summed E-state index contributed by atoms with van der Waals surface area (Å²) in [6, 6.07) is 23.3. The number of methoxy groups -OCH3 is 1. The summed E-state index contributed by atoms with van der Waals surface area (Å²) in [4.78, 5) is 19.3. The van der Waals surface area contributed by atoms with Gasteiger partial charge in [0.05, 0.1) is 6.61 Å². The molecule has 1 aromatic heterocycles. The third-order valence-electron chi connectivity index (χ3n) is 6.97. The summed E-state index contributed by atoms with van der Waals surface area (Å²) in [5, 5.41) is 6.84. The summed E-state index contributed by atoms with van der Waals surface area (Å²) in [6.45, 7) is 8.54. The van der Waals surface area contributed by atoms with Crippen LogP contribution in [0.5, 0.6) is 0 Å². The van der Waals surface area contributed by atoms with Crippen molar-refractivity contribution in [3.63, 3.8) is 0 Å². The number of aromatic nitrogens is 2. The fraction of sp³-hybridized carbons (Fsp3) is 0.393. The van der Waals surface area contributed by atoms with Gasteiger partial charge in [0.1, 0.15) is 11.6 Å². The molecule has 0 amide bonds. The number of thiocarbonyl (C=S) groups is 1. The Bertz CT molecular complexity index is 1090. The van der Waals surface area contributed by atoms with Gasteiger partial charge in [0, 0.05) is 83.5 Å². The van der Waals surface area contributed by atoms with Crippen LogP contribution in [-0.4, -0.2) is 87.7 Å². The van der Waals surface area contributed by atoms with Crippen LogP contribution in [0.4, 0.5) is 29.0 Å². The number of hydrogen-bond acceptors (Lipinski definition) is 8. The summed E-state index contributed by atoms with van der Waals surface area (Å²) in [7, 11) is 1.67. The Kier molecular flexibility index (Phi) is 8.72. The molecule has 0 spiro atoms. The van der Waals surface area contributed by atoms with Crippen molar-refractivity contribution in [1.29, 1.82) is 0 Å². The summed E-state index contributed by atoms with van der Waals surface area (Å²) in [5.74, 6) is 2.37. The maximum atomic E-state index is 5.49. The van der Waals surface area contributed by atoms with Gasteiger partial charge in [-0.05, 0) is 36.5 Å². The minimum atomic E-state index is 0.493. The van der Waals surface area contributed by atoms with Crippen molar-refractivity contribution < 1.29 is 4.74 Å². The van der Waals surface area contributed by atoms with Gasteiger partial charge >= 0.3 is 0 Å². The fourth-order valence-corrected chi connectivity index (χ4v) is 5.07. The molecule has 10 heteroatoms. The lowest BCUT2D eigenvalue weighted by Crippen LogP contribution is -2.48. The molecule has 200 valence electrons. The lowest BCUT2D eigenvalue weighted by Gasteiger charge is -2.38. The quantitative estimate of drug-likeness (QED) is 0.334. The predicted molar refractivity (Wildman–Crippen MR) is 160 cm³/mol. The van der Waals surface area contributed by atoms with Crippen LogP contribution in [0.3, 0.4) is 0 Å². The Balaban J connectivity index is 1.30. The van der Waals surface area contributed by atoms with E-state index < -0.39 is 0 Å². The zero-order valence-corrected chi connectivity index (χ0v) is 22.7. The minimum Gasteiger partial charge on any atom is -0.383 e. The van der Waals surface area contributed by atoms with Gasteiger partial charge in [-0.25, -0.2) is 0 Å². The normalized spacial score (nSPS) is 15.9. The van der Waals surface area contributed by atoms with E-state index in [0.29, 0.717) is 24.2 Å². The Labute approximate surface area is 230 Å². The minimum absolute atomic E-state index is 0.493. The number of ether oxygens (including phenoxy) is 1. The molecule has 2 aromatic carbocycles. The van der Waals surface area contributed by atoms with Crippen LogP contribution in [-0.2, 0) is 4.74 Å². The molecule has 0 unspecified atom stereocenters. The van der Waals surface area contributed by atoms with Gasteiger partial charge in [0.15, 0.2) is 5.11 Å². The molecule has 0 aliphatic carbocycles. The van der Waals surface area contributed by atoms with E-state index in [0.717, 1.165) is 64.0 Å². The van der Waals surface area contributed by atoms with Gasteiger partial charge in [-0.1, -0.05) is 36.4 Å². The SMILES string of the molecule is COCCNC(=S)Nc1nc(N2CCN(c3ccccc3)CC2)cc(N2CCN(c3ccccc3)CC2)n1. The van der Waals surface area contributed by atoms with E-state index in [1.54, 1.807) is 7.11 Å². The van der Waals surface area contributed by atoms with Gasteiger partial charge in [0.25, 0.3) is 0 Å². The molecule has 0 saturated carbocycles. The van der Waals surface area contributed by atoms with E-state index in [2.05, 4.69) is 97.0 Å². The highest BCUT2D eigenvalue weighted by molar-refractivity contribution is 7.80. The van der Waals surface area contributed by atoms with Gasteiger partial charge in [-0.2, -0.15) is 9.97 Å². The first-order valence-electron chi connectivity index (χ1n) is 13.2. The van der Waals surface area contributed by atoms with Gasteiger partial charge in [-0.15, -0.1) is 0 Å². The number of hydrogen-bond donors (Lipinski definition) is 2. The van der Waals surface area contributed by atoms with Crippen molar-refractivity contribution >= 4 is 46.3 Å². The average Bonchev–Trinajstić information content (AvgIpc) is 2.98. The molecule has 9 nitrogen and oxygen atoms in total. The standard InChI is InChI=1S/C28H36N8OS/c1-37-21-12-29-28(38)32-27-30-25(35-17-13-33(14-18-35)23-8-4-2-5-9-23)22-26(31-27)36-19-15-34(16-20-36)24-10-6-3-7-11-24/h2-11,22H,12-21H2,1H3,(H2,29,30,31,32,38). The molecule has 2 fully saturated rings. The average molecular weight is 533 g/mol. The molecule has 3 heterocycles. The summed E-state index contributed by atoms with van der Waals surface area (Å²) in [5.41, 5.74) is 2.53. The first-order valence-corrected chi connectivity index (χ1v) is 13.6. The molecule has 2 saturated heterocycles. The monoisotopic (exact) mass is 532 g/mol. The van der Waals surface area contributed by atoms with Crippen LogP contribution in [0.2, 0.25) is 0 Å². The number of rotatable bonds is 8. The second kappa shape index (κ2) is 12.7. The first kappa shape index (κ1) is 26.0. The Morgan fingerprint density at radius 2 is 1.18 bits per heavy atom. The summed E-state index contributed by atoms with van der Waals surface area (Å²) in [6.07, 6.45) is 0. The Hall–Kier alpha value is -3.63. The topological polar surface area (TPSA) is 72.0 Å². The third-order valence-corrected chi connectivity index (χ3v) is 7.21. The van der Waals surface area contributed by atoms with Crippen molar-refractivity contribution in [3.05, 3.63) is 66.7 Å². The van der Waals surface area contributed by atoms with Crippen molar-refractivity contribution in [2.75, 3.05) is 97.5 Å². The van der Waals surface area contributed by atoms with Crippen molar-refractivity contribution in [1.82, 2.24) is 15.3 Å². The Morgan fingerprint density at radius 1 is 0.737 bits per heavy atom. The Morgan fingerprint density at radius 3 is 1.63 bits per heavy atom. The van der Waals surface area contributed by atoms with Crippen LogP contribution in [0.1, 0.15) is 0 Å². The van der Waals surface area contributed by atoms with Crippen LogP contribution in [0.25, 0.3) is 0 Å². The zero-order valence-electron chi connectivity index (χ0n) is 21.9. The lowest BCUT2D eigenvalue weighted by molar-refractivity contribution is 0.204. The molecule has 0 atom stereocenters. The summed E-state index contributed by atoms with van der Waals surface area (Å²) < 4.78 is 5.12. The summed E-state index contributed by atoms with van der Waals surface area (Å²) >= 11 is 5.49. The van der Waals surface area contributed by atoms with E-state index in [9.17, 15) is 0 Å². The fourth-order valence-electron chi connectivity index (χ4n) is 4.88. The molecular weight excluding hydrogens is 496 g/mol. The van der Waals surface area contributed by atoms with E-state index in [4.69, 9.17) is 26.9 Å². The second-order valence-electron chi connectivity index (χ2n) is 9.40. The number of nitrogens with one attached hydrogen (secondary N) is 2. The van der Waals surface area contributed by atoms with Gasteiger partial charge in [-0.3, -0.25) is 0 Å². The van der Waals surface area contributed by atoms with Crippen LogP contribution in [0, 0.1) is 0 Å². The van der Waals surface area contributed by atoms with Crippen molar-refractivity contribution in [3.8, 4) is 0 Å². The highest BCUT2D eigenvalue weighted by Crippen LogP contribution is 2.26. The number of nitrogens with zero attached hydrogens (tertiary/aromatic N) is 6. The maximum absolute atomic E-state index is 5.49. The van der Waals surface area contributed by atoms with E-state index in [1.165, 1.54) is 11.4 Å². The zero-order chi connectivity index (χ0) is 26.2. The molecule has 38 heavy (non-hydrogen) atoms. The number of piperazine rings is 2. The molecule has 2 N–H and O–H groups in total. The van der Waals surface area contributed by atoms with E-state index >= 15 is 0 Å². The first-order chi connectivity index (χ1) is 18.7. The maximum Gasteiger partial charge on any atom is 0.232 e. The van der Waals surface area contributed by atoms with Crippen molar-refractivity contribution in [2.45, 2.75) is 0 Å². The lowest BCUT2D eigenvalue weighted by atomic mass is 10.2. The number of para-hydroxylation sites is 2. The van der Waals surface area contributed by atoms with E-state index in [1.807, 2.05) is 0 Å². The number of benzene rings is 2. The molecule has 0 radical (unpaired) electrons. The molecule has 2 aliphatic heterocycles. The van der Waals surface area contributed by atoms with Gasteiger partial charge in [0.2, 0.25) is 5.95 Å². The largest absolute Gasteiger partial charge is 0.383 e. The molecule has 0 bridgehead atoms. The molecular formula is C28H36N8OS. The van der Waals surface area contributed by atoms with Crippen molar-refractivity contribution in [2.24, 2.45) is 0 Å². The predicted octanol–water partition coefficient (Wildman–Crippen LogP) is 3.06.